The predicted octanol–water partition coefficient (Wildman–Crippen LogP) is 5.01. The van der Waals surface area contributed by atoms with E-state index in [9.17, 15) is 13.2 Å². The van der Waals surface area contributed by atoms with E-state index in [1.54, 1.807) is 17.5 Å². The standard InChI is InChI=1S/C13H8BrF3N2S/c14-9-1-2-12(11(4-9)13(15,16)17)19-6-10-3-8(5-18)7-20-10/h1-4,7,19H,6H2. The Bertz CT molecular complexity index is 658. The maximum absolute atomic E-state index is 12.9. The van der Waals surface area contributed by atoms with E-state index in [0.29, 0.717) is 10.0 Å². The lowest BCUT2D eigenvalue weighted by Crippen LogP contribution is -2.10. The Morgan fingerprint density at radius 2 is 2.05 bits per heavy atom. The third-order valence-corrected chi connectivity index (χ3v) is 3.95. The van der Waals surface area contributed by atoms with Gasteiger partial charge in [-0.1, -0.05) is 15.9 Å². The molecule has 2 aromatic rings. The van der Waals surface area contributed by atoms with Crippen molar-refractivity contribution < 1.29 is 13.2 Å². The molecule has 0 saturated heterocycles. The number of nitrogens with one attached hydrogen (secondary N) is 1. The Morgan fingerprint density at radius 1 is 1.30 bits per heavy atom. The molecule has 0 bridgehead atoms. The Labute approximate surface area is 126 Å². The lowest BCUT2D eigenvalue weighted by atomic mass is 10.1. The molecule has 1 heterocycles. The van der Waals surface area contributed by atoms with Gasteiger partial charge in [-0.25, -0.2) is 0 Å². The largest absolute Gasteiger partial charge is 0.418 e. The highest BCUT2D eigenvalue weighted by atomic mass is 79.9. The minimum Gasteiger partial charge on any atom is -0.380 e. The fourth-order valence-electron chi connectivity index (χ4n) is 1.62. The van der Waals surface area contributed by atoms with Crippen LogP contribution in [0, 0.1) is 11.3 Å². The van der Waals surface area contributed by atoms with E-state index >= 15 is 0 Å². The molecule has 7 heteroatoms. The summed E-state index contributed by atoms with van der Waals surface area (Å²) in [6.07, 6.45) is -4.42. The highest BCUT2D eigenvalue weighted by molar-refractivity contribution is 9.10. The summed E-state index contributed by atoms with van der Waals surface area (Å²) in [7, 11) is 0. The topological polar surface area (TPSA) is 35.8 Å². The first-order valence-electron chi connectivity index (χ1n) is 5.48. The average molecular weight is 361 g/mol. The summed E-state index contributed by atoms with van der Waals surface area (Å²) in [6, 6.07) is 7.61. The molecule has 104 valence electrons. The second-order valence-electron chi connectivity index (χ2n) is 3.95. The zero-order chi connectivity index (χ0) is 14.8. The zero-order valence-electron chi connectivity index (χ0n) is 9.96. The molecule has 1 N–H and O–H groups in total. The Morgan fingerprint density at radius 3 is 2.65 bits per heavy atom. The molecule has 0 fully saturated rings. The number of benzene rings is 1. The van der Waals surface area contributed by atoms with Crippen LogP contribution in [0.4, 0.5) is 18.9 Å². The average Bonchev–Trinajstić information content (AvgIpc) is 2.84. The van der Waals surface area contributed by atoms with Crippen molar-refractivity contribution in [3.63, 3.8) is 0 Å². The van der Waals surface area contributed by atoms with Crippen molar-refractivity contribution in [1.29, 1.82) is 5.26 Å². The third-order valence-electron chi connectivity index (χ3n) is 2.52. The second-order valence-corrected chi connectivity index (χ2v) is 5.87. The first-order chi connectivity index (χ1) is 9.40. The Balaban J connectivity index is 2.19. The van der Waals surface area contributed by atoms with Gasteiger partial charge in [0.05, 0.1) is 11.1 Å². The van der Waals surface area contributed by atoms with Gasteiger partial charge in [-0.05, 0) is 24.3 Å². The van der Waals surface area contributed by atoms with Gasteiger partial charge < -0.3 is 5.32 Å². The van der Waals surface area contributed by atoms with Gasteiger partial charge >= 0.3 is 6.18 Å². The summed E-state index contributed by atoms with van der Waals surface area (Å²) >= 11 is 4.37. The molecule has 1 aromatic carbocycles. The number of rotatable bonds is 3. The Hall–Kier alpha value is -1.52. The molecular formula is C13H8BrF3N2S. The van der Waals surface area contributed by atoms with Crippen LogP contribution in [0.5, 0.6) is 0 Å². The Kier molecular flexibility index (Phi) is 4.35. The number of thiophene rings is 1. The maximum atomic E-state index is 12.9. The lowest BCUT2D eigenvalue weighted by molar-refractivity contribution is -0.137. The second kappa shape index (κ2) is 5.85. The zero-order valence-corrected chi connectivity index (χ0v) is 12.4. The monoisotopic (exact) mass is 360 g/mol. The van der Waals surface area contributed by atoms with Gasteiger partial charge in [-0.2, -0.15) is 18.4 Å². The maximum Gasteiger partial charge on any atom is 0.418 e. The van der Waals surface area contributed by atoms with Gasteiger partial charge in [-0.3, -0.25) is 0 Å². The smallest absolute Gasteiger partial charge is 0.380 e. The number of alkyl halides is 3. The molecule has 2 rings (SSSR count). The minimum atomic E-state index is -4.42. The molecule has 0 atom stereocenters. The fraction of sp³-hybridized carbons (Fsp3) is 0.154. The van der Waals surface area contributed by atoms with E-state index in [-0.39, 0.29) is 12.2 Å². The molecule has 0 amide bonds. The van der Waals surface area contributed by atoms with Crippen molar-refractivity contribution in [1.82, 2.24) is 0 Å². The van der Waals surface area contributed by atoms with Crippen LogP contribution in [-0.4, -0.2) is 0 Å². The molecule has 0 spiro atoms. The van der Waals surface area contributed by atoms with Crippen LogP contribution >= 0.6 is 27.3 Å². The number of nitriles is 1. The molecular weight excluding hydrogens is 353 g/mol. The fourth-order valence-corrected chi connectivity index (χ4v) is 2.73. The van der Waals surface area contributed by atoms with E-state index in [1.807, 2.05) is 6.07 Å². The van der Waals surface area contributed by atoms with E-state index in [1.165, 1.54) is 17.4 Å². The van der Waals surface area contributed by atoms with Gasteiger partial charge in [0.25, 0.3) is 0 Å². The highest BCUT2D eigenvalue weighted by Crippen LogP contribution is 2.36. The van der Waals surface area contributed by atoms with Crippen molar-refractivity contribution in [2.45, 2.75) is 12.7 Å². The summed E-state index contributed by atoms with van der Waals surface area (Å²) in [5.74, 6) is 0. The van der Waals surface area contributed by atoms with E-state index in [2.05, 4.69) is 21.2 Å². The van der Waals surface area contributed by atoms with Crippen LogP contribution in [0.25, 0.3) is 0 Å². The number of hydrogen-bond acceptors (Lipinski definition) is 3. The van der Waals surface area contributed by atoms with Crippen LogP contribution in [0.2, 0.25) is 0 Å². The van der Waals surface area contributed by atoms with Crippen molar-refractivity contribution in [2.24, 2.45) is 0 Å². The van der Waals surface area contributed by atoms with Crippen molar-refractivity contribution in [2.75, 3.05) is 5.32 Å². The van der Waals surface area contributed by atoms with Gasteiger partial charge in [0.15, 0.2) is 0 Å². The molecule has 2 nitrogen and oxygen atoms in total. The van der Waals surface area contributed by atoms with Crippen LogP contribution < -0.4 is 5.32 Å². The van der Waals surface area contributed by atoms with Crippen molar-refractivity contribution in [3.8, 4) is 6.07 Å². The van der Waals surface area contributed by atoms with Crippen LogP contribution in [-0.2, 0) is 12.7 Å². The summed E-state index contributed by atoms with van der Waals surface area (Å²) in [5, 5.41) is 13.1. The molecule has 20 heavy (non-hydrogen) atoms. The van der Waals surface area contributed by atoms with Gasteiger partial charge in [0, 0.05) is 27.0 Å². The summed E-state index contributed by atoms with van der Waals surface area (Å²) in [6.45, 7) is 0.247. The predicted molar refractivity (Wildman–Crippen MR) is 75.5 cm³/mol. The molecule has 0 aliphatic rings. The van der Waals surface area contributed by atoms with Crippen LogP contribution in [0.15, 0.2) is 34.1 Å². The molecule has 0 radical (unpaired) electrons. The number of halogens is 4. The van der Waals surface area contributed by atoms with Crippen molar-refractivity contribution >= 4 is 33.0 Å². The minimum absolute atomic E-state index is 0.0209. The molecule has 0 unspecified atom stereocenters. The number of nitrogens with zero attached hydrogens (tertiary/aromatic N) is 1. The first-order valence-corrected chi connectivity index (χ1v) is 7.15. The molecule has 0 saturated carbocycles. The SMILES string of the molecule is N#Cc1csc(CNc2ccc(Br)cc2C(F)(F)F)c1. The normalized spacial score (nSPS) is 11.2. The lowest BCUT2D eigenvalue weighted by Gasteiger charge is -2.14. The summed E-state index contributed by atoms with van der Waals surface area (Å²) in [4.78, 5) is 0.803. The third kappa shape index (κ3) is 3.52. The van der Waals surface area contributed by atoms with E-state index in [4.69, 9.17) is 5.26 Å². The van der Waals surface area contributed by atoms with Crippen LogP contribution in [0.3, 0.4) is 0 Å². The molecule has 0 aliphatic carbocycles. The number of anilines is 1. The van der Waals surface area contributed by atoms with Crippen molar-refractivity contribution in [3.05, 3.63) is 50.1 Å². The quantitative estimate of drug-likeness (QED) is 0.834. The number of hydrogen-bond donors (Lipinski definition) is 1. The van der Waals surface area contributed by atoms with Gasteiger partial charge in [-0.15, -0.1) is 11.3 Å². The van der Waals surface area contributed by atoms with Crippen LogP contribution in [0.1, 0.15) is 16.0 Å². The summed E-state index contributed by atoms with van der Waals surface area (Å²) in [5.41, 5.74) is -0.185. The van der Waals surface area contributed by atoms with Gasteiger partial charge in [0.1, 0.15) is 6.07 Å². The first kappa shape index (κ1) is 14.9. The molecule has 1 aromatic heterocycles. The van der Waals surface area contributed by atoms with E-state index < -0.39 is 11.7 Å². The van der Waals surface area contributed by atoms with E-state index in [0.717, 1.165) is 10.9 Å². The highest BCUT2D eigenvalue weighted by Gasteiger charge is 2.33. The molecule has 0 aliphatic heterocycles. The van der Waals surface area contributed by atoms with Gasteiger partial charge in [0.2, 0.25) is 0 Å². The summed E-state index contributed by atoms with van der Waals surface area (Å²) < 4.78 is 39.1.